The van der Waals surface area contributed by atoms with E-state index in [4.69, 9.17) is 0 Å². The molecule has 110 valence electrons. The highest BCUT2D eigenvalue weighted by molar-refractivity contribution is 7.86. The van der Waals surface area contributed by atoms with Gasteiger partial charge in [0.05, 0.1) is 18.0 Å². The maximum Gasteiger partial charge on any atom is 0.302 e. The molecule has 1 N–H and O–H groups in total. The van der Waals surface area contributed by atoms with Gasteiger partial charge < -0.3 is 10.0 Å². The number of aryl methyl sites for hydroxylation is 1. The SMILES string of the molecule is Cc1cccc(CO)c1N1CC(CS(=O)(=O)F)CC1=O. The third-order valence-corrected chi connectivity index (χ3v) is 4.27. The summed E-state index contributed by atoms with van der Waals surface area (Å²) >= 11 is 0. The van der Waals surface area contributed by atoms with Crippen molar-refractivity contribution in [2.75, 3.05) is 17.2 Å². The van der Waals surface area contributed by atoms with Crippen LogP contribution < -0.4 is 4.90 Å². The van der Waals surface area contributed by atoms with Crippen molar-refractivity contribution in [3.05, 3.63) is 29.3 Å². The van der Waals surface area contributed by atoms with Crippen LogP contribution in [0.5, 0.6) is 0 Å². The van der Waals surface area contributed by atoms with Gasteiger partial charge in [0.25, 0.3) is 0 Å². The maximum atomic E-state index is 12.7. The zero-order valence-electron chi connectivity index (χ0n) is 11.0. The molecule has 1 unspecified atom stereocenters. The minimum Gasteiger partial charge on any atom is -0.392 e. The molecule has 0 aliphatic carbocycles. The molecule has 1 aliphatic heterocycles. The number of anilines is 1. The zero-order valence-corrected chi connectivity index (χ0v) is 11.9. The van der Waals surface area contributed by atoms with E-state index in [1.54, 1.807) is 25.1 Å². The van der Waals surface area contributed by atoms with Gasteiger partial charge in [-0.15, -0.1) is 3.89 Å². The van der Waals surface area contributed by atoms with E-state index in [1.165, 1.54) is 4.90 Å². The predicted molar refractivity (Wildman–Crippen MR) is 72.5 cm³/mol. The van der Waals surface area contributed by atoms with E-state index in [0.29, 0.717) is 11.3 Å². The molecule has 1 fully saturated rings. The minimum absolute atomic E-state index is 0.00233. The van der Waals surface area contributed by atoms with Crippen molar-refractivity contribution in [2.24, 2.45) is 5.92 Å². The second kappa shape index (κ2) is 5.49. The van der Waals surface area contributed by atoms with Gasteiger partial charge in [-0.25, -0.2) is 0 Å². The Bertz CT molecular complexity index is 629. The highest BCUT2D eigenvalue weighted by atomic mass is 32.3. The highest BCUT2D eigenvalue weighted by Gasteiger charge is 2.35. The van der Waals surface area contributed by atoms with E-state index in [1.807, 2.05) is 0 Å². The van der Waals surface area contributed by atoms with Crippen LogP contribution in [0.25, 0.3) is 0 Å². The van der Waals surface area contributed by atoms with Crippen molar-refractivity contribution in [3.8, 4) is 0 Å². The van der Waals surface area contributed by atoms with Crippen LogP contribution in [-0.2, 0) is 21.6 Å². The number of para-hydroxylation sites is 1. The number of aliphatic hydroxyl groups is 1. The van der Waals surface area contributed by atoms with E-state index in [9.17, 15) is 22.2 Å². The van der Waals surface area contributed by atoms with Gasteiger partial charge in [-0.3, -0.25) is 4.79 Å². The summed E-state index contributed by atoms with van der Waals surface area (Å²) in [7, 11) is -4.59. The smallest absolute Gasteiger partial charge is 0.302 e. The van der Waals surface area contributed by atoms with Crippen LogP contribution in [0.3, 0.4) is 0 Å². The quantitative estimate of drug-likeness (QED) is 0.846. The number of hydrogen-bond donors (Lipinski definition) is 1. The normalized spacial score (nSPS) is 19.6. The number of aliphatic hydroxyl groups excluding tert-OH is 1. The number of halogens is 1. The summed E-state index contributed by atoms with van der Waals surface area (Å²) in [6, 6.07) is 5.28. The van der Waals surface area contributed by atoms with Gasteiger partial charge in [-0.1, -0.05) is 18.2 Å². The molecule has 0 aromatic heterocycles. The van der Waals surface area contributed by atoms with Crippen molar-refractivity contribution in [3.63, 3.8) is 0 Å². The van der Waals surface area contributed by atoms with Gasteiger partial charge in [0.2, 0.25) is 5.91 Å². The van der Waals surface area contributed by atoms with Crippen molar-refractivity contribution in [2.45, 2.75) is 20.0 Å². The second-order valence-corrected chi connectivity index (χ2v) is 6.43. The van der Waals surface area contributed by atoms with Gasteiger partial charge in [0, 0.05) is 24.4 Å². The molecule has 1 aromatic rings. The number of nitrogens with zero attached hydrogens (tertiary/aromatic N) is 1. The first-order chi connectivity index (χ1) is 9.31. The van der Waals surface area contributed by atoms with Crippen molar-refractivity contribution < 1.29 is 22.2 Å². The third kappa shape index (κ3) is 3.16. The number of hydrogen-bond acceptors (Lipinski definition) is 4. The van der Waals surface area contributed by atoms with Crippen molar-refractivity contribution in [1.29, 1.82) is 0 Å². The van der Waals surface area contributed by atoms with Gasteiger partial charge >= 0.3 is 10.2 Å². The zero-order chi connectivity index (χ0) is 14.9. The molecule has 1 amide bonds. The van der Waals surface area contributed by atoms with Crippen LogP contribution in [0.15, 0.2) is 18.2 Å². The van der Waals surface area contributed by atoms with Crippen LogP contribution in [0.4, 0.5) is 9.57 Å². The molecule has 2 rings (SSSR count). The van der Waals surface area contributed by atoms with Crippen LogP contribution in [0, 0.1) is 12.8 Å². The second-order valence-electron chi connectivity index (χ2n) is 5.02. The van der Waals surface area contributed by atoms with Gasteiger partial charge in [0.15, 0.2) is 0 Å². The molecule has 1 aromatic carbocycles. The van der Waals surface area contributed by atoms with Crippen LogP contribution in [0.2, 0.25) is 0 Å². The molecule has 1 atom stereocenters. The molecular formula is C13H16FNO4S. The first-order valence-electron chi connectivity index (χ1n) is 6.24. The van der Waals surface area contributed by atoms with Gasteiger partial charge in [0.1, 0.15) is 0 Å². The van der Waals surface area contributed by atoms with E-state index in [-0.39, 0.29) is 25.5 Å². The first kappa shape index (κ1) is 14.9. The summed E-state index contributed by atoms with van der Waals surface area (Å²) in [5.74, 6) is -1.44. The molecule has 0 saturated carbocycles. The fourth-order valence-corrected chi connectivity index (χ4v) is 3.41. The molecule has 5 nitrogen and oxygen atoms in total. The van der Waals surface area contributed by atoms with Crippen molar-refractivity contribution >= 4 is 21.8 Å². The lowest BCUT2D eigenvalue weighted by atomic mass is 10.1. The van der Waals surface area contributed by atoms with E-state index in [0.717, 1.165) is 5.56 Å². The Morgan fingerprint density at radius 2 is 2.15 bits per heavy atom. The summed E-state index contributed by atoms with van der Waals surface area (Å²) in [6.07, 6.45) is 0.00233. The molecule has 0 spiro atoms. The van der Waals surface area contributed by atoms with Crippen LogP contribution in [0.1, 0.15) is 17.5 Å². The Labute approximate surface area is 117 Å². The molecule has 20 heavy (non-hydrogen) atoms. The average Bonchev–Trinajstić information content (AvgIpc) is 2.67. The molecule has 7 heteroatoms. The first-order valence-corrected chi connectivity index (χ1v) is 7.79. The Morgan fingerprint density at radius 1 is 1.45 bits per heavy atom. The summed E-state index contributed by atoms with van der Waals surface area (Å²) in [5, 5.41) is 9.35. The average molecular weight is 301 g/mol. The number of benzene rings is 1. The molecule has 1 aliphatic rings. The monoisotopic (exact) mass is 301 g/mol. The van der Waals surface area contributed by atoms with E-state index >= 15 is 0 Å². The van der Waals surface area contributed by atoms with E-state index < -0.39 is 21.9 Å². The predicted octanol–water partition coefficient (Wildman–Crippen LogP) is 1.14. The maximum absolute atomic E-state index is 12.7. The molecule has 1 heterocycles. The topological polar surface area (TPSA) is 74.7 Å². The number of carbonyl (C=O) groups excluding carboxylic acids is 1. The standard InChI is InChI=1S/C13H16FNO4S/c1-9-3-2-4-11(7-16)13(9)15-6-10(5-12(15)17)8-20(14,18)19/h2-4,10,16H,5-8H2,1H3. The lowest BCUT2D eigenvalue weighted by Gasteiger charge is -2.22. The lowest BCUT2D eigenvalue weighted by molar-refractivity contribution is -0.117. The number of carbonyl (C=O) groups is 1. The largest absolute Gasteiger partial charge is 0.392 e. The summed E-state index contributed by atoms with van der Waals surface area (Å²) in [5.41, 5.74) is 2.01. The Kier molecular flexibility index (Phi) is 4.10. The van der Waals surface area contributed by atoms with Crippen molar-refractivity contribution in [1.82, 2.24) is 0 Å². The number of rotatable bonds is 4. The molecule has 0 bridgehead atoms. The molecular weight excluding hydrogens is 285 g/mol. The van der Waals surface area contributed by atoms with Crippen LogP contribution in [-0.4, -0.2) is 31.7 Å². The Hall–Kier alpha value is -1.47. The third-order valence-electron chi connectivity index (χ3n) is 3.40. The minimum atomic E-state index is -4.59. The summed E-state index contributed by atoms with van der Waals surface area (Å²) in [6.45, 7) is 1.74. The lowest BCUT2D eigenvalue weighted by Crippen LogP contribution is -2.27. The fraction of sp³-hybridized carbons (Fsp3) is 0.462. The molecule has 0 radical (unpaired) electrons. The Balaban J connectivity index is 2.29. The highest BCUT2D eigenvalue weighted by Crippen LogP contribution is 2.31. The Morgan fingerprint density at radius 3 is 2.75 bits per heavy atom. The number of amides is 1. The van der Waals surface area contributed by atoms with E-state index in [2.05, 4.69) is 0 Å². The fourth-order valence-electron chi connectivity index (χ4n) is 2.62. The summed E-state index contributed by atoms with van der Waals surface area (Å²) in [4.78, 5) is 13.5. The van der Waals surface area contributed by atoms with Crippen LogP contribution >= 0.6 is 0 Å². The molecule has 1 saturated heterocycles. The summed E-state index contributed by atoms with van der Waals surface area (Å²) < 4.78 is 34.1. The van der Waals surface area contributed by atoms with Gasteiger partial charge in [-0.05, 0) is 12.5 Å². The van der Waals surface area contributed by atoms with Gasteiger partial charge in [-0.2, -0.15) is 8.42 Å².